The van der Waals surface area contributed by atoms with Crippen LogP contribution in [0.1, 0.15) is 24.3 Å². The molecular weight excluding hydrogens is 214 g/mol. The molecule has 0 atom stereocenters. The van der Waals surface area contributed by atoms with E-state index in [9.17, 15) is 9.90 Å². The molecule has 2 rings (SSSR count). The van der Waals surface area contributed by atoms with Crippen LogP contribution in [0.25, 0.3) is 0 Å². The lowest BCUT2D eigenvalue weighted by molar-refractivity contribution is -0.105. The maximum atomic E-state index is 10.3. The largest absolute Gasteiger partial charge is 0.393 e. The highest BCUT2D eigenvalue weighted by atomic mass is 35.5. The van der Waals surface area contributed by atoms with E-state index in [0.717, 1.165) is 24.1 Å². The molecule has 0 heterocycles. The molecule has 0 unspecified atom stereocenters. The lowest BCUT2D eigenvalue weighted by Crippen LogP contribution is -2.26. The predicted octanol–water partition coefficient (Wildman–Crippen LogP) is 2.15. The van der Waals surface area contributed by atoms with Crippen LogP contribution in [0.15, 0.2) is 18.2 Å². The van der Waals surface area contributed by atoms with Gasteiger partial charge in [-0.3, -0.25) is 4.79 Å². The molecule has 1 aliphatic carbocycles. The molecule has 2 N–H and O–H groups in total. The van der Waals surface area contributed by atoms with Gasteiger partial charge in [-0.2, -0.15) is 0 Å². The number of benzene rings is 1. The van der Waals surface area contributed by atoms with Crippen molar-refractivity contribution in [3.63, 3.8) is 0 Å². The van der Waals surface area contributed by atoms with Crippen LogP contribution in [0.4, 0.5) is 5.69 Å². The summed E-state index contributed by atoms with van der Waals surface area (Å²) in [6.07, 6.45) is 1.95. The molecule has 0 bridgehead atoms. The number of anilines is 1. The highest BCUT2D eigenvalue weighted by Crippen LogP contribution is 2.40. The minimum atomic E-state index is -0.200. The first-order valence-corrected chi connectivity index (χ1v) is 5.26. The molecule has 1 aliphatic rings. The van der Waals surface area contributed by atoms with Gasteiger partial charge in [0, 0.05) is 10.7 Å². The Balaban J connectivity index is 2.21. The highest BCUT2D eigenvalue weighted by Gasteiger charge is 2.29. The minimum Gasteiger partial charge on any atom is -0.393 e. The molecule has 15 heavy (non-hydrogen) atoms. The van der Waals surface area contributed by atoms with Crippen molar-refractivity contribution in [3.8, 4) is 0 Å². The first-order chi connectivity index (χ1) is 7.20. The van der Waals surface area contributed by atoms with Gasteiger partial charge in [0.05, 0.1) is 6.10 Å². The predicted molar refractivity (Wildman–Crippen MR) is 59.1 cm³/mol. The fraction of sp³-hybridized carbons (Fsp3) is 0.364. The number of amides is 1. The van der Waals surface area contributed by atoms with Crippen LogP contribution >= 0.6 is 11.6 Å². The van der Waals surface area contributed by atoms with E-state index in [0.29, 0.717) is 17.4 Å². The first kappa shape index (κ1) is 10.5. The zero-order valence-electron chi connectivity index (χ0n) is 8.11. The van der Waals surface area contributed by atoms with Crippen LogP contribution in [0.2, 0.25) is 5.02 Å². The molecule has 0 aromatic heterocycles. The number of hydrogen-bond acceptors (Lipinski definition) is 2. The topological polar surface area (TPSA) is 49.3 Å². The number of halogens is 1. The Kier molecular flexibility index (Phi) is 2.93. The molecule has 1 fully saturated rings. The van der Waals surface area contributed by atoms with Crippen molar-refractivity contribution >= 4 is 23.7 Å². The van der Waals surface area contributed by atoms with Crippen LogP contribution in [-0.2, 0) is 4.79 Å². The van der Waals surface area contributed by atoms with E-state index in [4.69, 9.17) is 11.6 Å². The van der Waals surface area contributed by atoms with Gasteiger partial charge in [-0.25, -0.2) is 0 Å². The first-order valence-electron chi connectivity index (χ1n) is 4.88. The van der Waals surface area contributed by atoms with E-state index < -0.39 is 0 Å². The van der Waals surface area contributed by atoms with Gasteiger partial charge in [0.15, 0.2) is 0 Å². The standard InChI is InChI=1S/C11H12ClNO2/c12-11-2-1-8(13-6-14)5-10(11)7-3-9(15)4-7/h1-2,5-7,9,15H,3-4H2,(H,13,14). The number of aliphatic hydroxyl groups is 1. The quantitative estimate of drug-likeness (QED) is 0.775. The van der Waals surface area contributed by atoms with Gasteiger partial charge < -0.3 is 10.4 Å². The lowest BCUT2D eigenvalue weighted by Gasteiger charge is -2.32. The highest BCUT2D eigenvalue weighted by molar-refractivity contribution is 6.31. The molecule has 0 aliphatic heterocycles. The number of carbonyl (C=O) groups excluding carboxylic acids is 1. The Morgan fingerprint density at radius 2 is 2.20 bits per heavy atom. The van der Waals surface area contributed by atoms with E-state index in [1.54, 1.807) is 12.1 Å². The van der Waals surface area contributed by atoms with Gasteiger partial charge >= 0.3 is 0 Å². The Labute approximate surface area is 93.1 Å². The van der Waals surface area contributed by atoms with Crippen molar-refractivity contribution in [3.05, 3.63) is 28.8 Å². The lowest BCUT2D eigenvalue weighted by atomic mass is 9.77. The van der Waals surface area contributed by atoms with Crippen LogP contribution in [0.5, 0.6) is 0 Å². The summed E-state index contributed by atoms with van der Waals surface area (Å²) in [5.74, 6) is 0.320. The molecule has 1 aromatic rings. The van der Waals surface area contributed by atoms with Gasteiger partial charge in [0.25, 0.3) is 0 Å². The summed E-state index contributed by atoms with van der Waals surface area (Å²) < 4.78 is 0. The van der Waals surface area contributed by atoms with E-state index in [1.807, 2.05) is 6.07 Å². The number of nitrogens with one attached hydrogen (secondary N) is 1. The van der Waals surface area contributed by atoms with Gasteiger partial charge in [0.2, 0.25) is 6.41 Å². The normalized spacial score (nSPS) is 24.4. The second kappa shape index (κ2) is 4.21. The SMILES string of the molecule is O=CNc1ccc(Cl)c(C2CC(O)C2)c1. The van der Waals surface area contributed by atoms with Crippen molar-refractivity contribution in [2.75, 3.05) is 5.32 Å². The van der Waals surface area contributed by atoms with Crippen LogP contribution in [0.3, 0.4) is 0 Å². The monoisotopic (exact) mass is 225 g/mol. The third-order valence-corrected chi connectivity index (χ3v) is 3.12. The molecule has 0 spiro atoms. The summed E-state index contributed by atoms with van der Waals surface area (Å²) in [6, 6.07) is 5.40. The number of hydrogen-bond donors (Lipinski definition) is 2. The second-order valence-corrected chi connectivity index (χ2v) is 4.23. The van der Waals surface area contributed by atoms with E-state index >= 15 is 0 Å². The summed E-state index contributed by atoms with van der Waals surface area (Å²) in [5, 5.41) is 12.5. The molecule has 4 heteroatoms. The zero-order valence-corrected chi connectivity index (χ0v) is 8.87. The minimum absolute atomic E-state index is 0.200. The molecule has 1 amide bonds. The smallest absolute Gasteiger partial charge is 0.211 e. The molecular formula is C11H12ClNO2. The summed E-state index contributed by atoms with van der Waals surface area (Å²) in [5.41, 5.74) is 1.75. The number of aliphatic hydroxyl groups excluding tert-OH is 1. The Hall–Kier alpha value is -1.06. The Morgan fingerprint density at radius 3 is 2.80 bits per heavy atom. The summed E-state index contributed by atoms with van der Waals surface area (Å²) >= 11 is 6.05. The molecule has 0 radical (unpaired) electrons. The van der Waals surface area contributed by atoms with E-state index in [-0.39, 0.29) is 6.10 Å². The van der Waals surface area contributed by atoms with Crippen molar-refractivity contribution in [1.29, 1.82) is 0 Å². The molecule has 1 aromatic carbocycles. The molecule has 1 saturated carbocycles. The summed E-state index contributed by atoms with van der Waals surface area (Å²) in [6.45, 7) is 0. The fourth-order valence-electron chi connectivity index (χ4n) is 1.86. The van der Waals surface area contributed by atoms with Crippen molar-refractivity contribution in [2.24, 2.45) is 0 Å². The van der Waals surface area contributed by atoms with Gasteiger partial charge in [-0.1, -0.05) is 11.6 Å². The van der Waals surface area contributed by atoms with Gasteiger partial charge in [-0.05, 0) is 42.5 Å². The third-order valence-electron chi connectivity index (χ3n) is 2.77. The molecule has 80 valence electrons. The Morgan fingerprint density at radius 1 is 1.47 bits per heavy atom. The fourth-order valence-corrected chi connectivity index (χ4v) is 2.13. The average Bonchev–Trinajstić information content (AvgIpc) is 2.17. The number of rotatable bonds is 3. The molecule has 0 saturated heterocycles. The average molecular weight is 226 g/mol. The molecule has 3 nitrogen and oxygen atoms in total. The third kappa shape index (κ3) is 2.13. The van der Waals surface area contributed by atoms with Crippen molar-refractivity contribution in [2.45, 2.75) is 24.9 Å². The number of carbonyl (C=O) groups is 1. The van der Waals surface area contributed by atoms with E-state index in [1.165, 1.54) is 0 Å². The second-order valence-electron chi connectivity index (χ2n) is 3.82. The van der Waals surface area contributed by atoms with Crippen LogP contribution < -0.4 is 5.32 Å². The maximum Gasteiger partial charge on any atom is 0.211 e. The van der Waals surface area contributed by atoms with Crippen LogP contribution in [-0.4, -0.2) is 17.6 Å². The van der Waals surface area contributed by atoms with Gasteiger partial charge in [0.1, 0.15) is 0 Å². The maximum absolute atomic E-state index is 10.3. The summed E-state index contributed by atoms with van der Waals surface area (Å²) in [7, 11) is 0. The Bertz CT molecular complexity index is 375. The van der Waals surface area contributed by atoms with E-state index in [2.05, 4.69) is 5.32 Å². The van der Waals surface area contributed by atoms with Gasteiger partial charge in [-0.15, -0.1) is 0 Å². The van der Waals surface area contributed by atoms with Crippen molar-refractivity contribution < 1.29 is 9.90 Å². The van der Waals surface area contributed by atoms with Crippen molar-refractivity contribution in [1.82, 2.24) is 0 Å². The zero-order chi connectivity index (χ0) is 10.8. The van der Waals surface area contributed by atoms with Crippen LogP contribution in [0, 0.1) is 0 Å². The summed E-state index contributed by atoms with van der Waals surface area (Å²) in [4.78, 5) is 10.3.